The fraction of sp³-hybridized carbons (Fsp3) is 0.778. The van der Waals surface area contributed by atoms with Gasteiger partial charge in [-0.3, -0.25) is 19.2 Å². The van der Waals surface area contributed by atoms with Crippen molar-refractivity contribution in [2.75, 3.05) is 13.1 Å². The van der Waals surface area contributed by atoms with Gasteiger partial charge in [0.2, 0.25) is 11.8 Å². The van der Waals surface area contributed by atoms with E-state index in [4.69, 9.17) is 0 Å². The van der Waals surface area contributed by atoms with Crippen LogP contribution >= 0.6 is 0 Å². The molecule has 0 bridgehead atoms. The number of Topliss-reactive ketones (excluding diaryl/α,β-unsaturated/α-hetero) is 2. The van der Waals surface area contributed by atoms with Crippen molar-refractivity contribution in [1.29, 1.82) is 0 Å². The van der Waals surface area contributed by atoms with Gasteiger partial charge >= 0.3 is 0 Å². The molecular formula is C18H32N2O4. The second-order valence-electron chi connectivity index (χ2n) is 6.29. The van der Waals surface area contributed by atoms with Crippen LogP contribution < -0.4 is 10.6 Å². The molecular weight excluding hydrogens is 308 g/mol. The van der Waals surface area contributed by atoms with Gasteiger partial charge in [-0.05, 0) is 26.7 Å². The first-order valence-electron chi connectivity index (χ1n) is 8.94. The highest BCUT2D eigenvalue weighted by molar-refractivity contribution is 5.97. The fourth-order valence-corrected chi connectivity index (χ4v) is 2.34. The Balaban J connectivity index is 3.23. The third-order valence-electron chi connectivity index (χ3n) is 3.57. The Kier molecular flexibility index (Phi) is 13.8. The molecule has 0 aliphatic rings. The second kappa shape index (κ2) is 14.8. The SMILES string of the molecule is CC(=O)CC(=O)NCCCCCCCCCCNC(=O)CC(C)=O. The van der Waals surface area contributed by atoms with E-state index in [-0.39, 0.29) is 36.2 Å². The summed E-state index contributed by atoms with van der Waals surface area (Å²) in [5.74, 6) is -0.576. The summed E-state index contributed by atoms with van der Waals surface area (Å²) in [6.45, 7) is 4.12. The van der Waals surface area contributed by atoms with Crippen LogP contribution in [0.2, 0.25) is 0 Å². The average Bonchev–Trinajstić information content (AvgIpc) is 2.46. The van der Waals surface area contributed by atoms with Gasteiger partial charge in [-0.1, -0.05) is 38.5 Å². The van der Waals surface area contributed by atoms with Gasteiger partial charge in [0, 0.05) is 13.1 Å². The molecule has 0 aliphatic heterocycles. The molecule has 0 spiro atoms. The fourth-order valence-electron chi connectivity index (χ4n) is 2.34. The third-order valence-corrected chi connectivity index (χ3v) is 3.57. The molecule has 0 aromatic rings. The molecule has 0 aromatic carbocycles. The molecule has 0 saturated heterocycles. The van der Waals surface area contributed by atoms with E-state index in [1.807, 2.05) is 0 Å². The smallest absolute Gasteiger partial charge is 0.227 e. The molecule has 24 heavy (non-hydrogen) atoms. The van der Waals surface area contributed by atoms with Gasteiger partial charge in [0.15, 0.2) is 0 Å². The Morgan fingerprint density at radius 1 is 0.542 bits per heavy atom. The summed E-state index contributed by atoms with van der Waals surface area (Å²) in [4.78, 5) is 43.9. The molecule has 6 nitrogen and oxygen atoms in total. The lowest BCUT2D eigenvalue weighted by atomic mass is 10.1. The first-order valence-corrected chi connectivity index (χ1v) is 8.94. The number of hydrogen-bond acceptors (Lipinski definition) is 4. The Hall–Kier alpha value is -1.72. The van der Waals surface area contributed by atoms with Gasteiger partial charge in [0.25, 0.3) is 0 Å². The Bertz CT molecular complexity index is 370. The number of nitrogens with one attached hydrogen (secondary N) is 2. The lowest BCUT2D eigenvalue weighted by Gasteiger charge is -2.05. The summed E-state index contributed by atoms with van der Waals surface area (Å²) in [5.41, 5.74) is 0. The molecule has 0 fully saturated rings. The Morgan fingerprint density at radius 3 is 1.12 bits per heavy atom. The molecule has 0 aliphatic carbocycles. The quantitative estimate of drug-likeness (QED) is 0.353. The average molecular weight is 340 g/mol. The number of unbranched alkanes of at least 4 members (excludes halogenated alkanes) is 7. The molecule has 0 rings (SSSR count). The normalized spacial score (nSPS) is 10.2. The number of carbonyl (C=O) groups is 4. The van der Waals surface area contributed by atoms with Gasteiger partial charge in [-0.2, -0.15) is 0 Å². The second-order valence-corrected chi connectivity index (χ2v) is 6.29. The van der Waals surface area contributed by atoms with Gasteiger partial charge < -0.3 is 10.6 Å². The van der Waals surface area contributed by atoms with Crippen molar-refractivity contribution in [2.45, 2.75) is 78.1 Å². The summed E-state index contributed by atoms with van der Waals surface area (Å²) in [6, 6.07) is 0. The van der Waals surface area contributed by atoms with E-state index in [9.17, 15) is 19.2 Å². The minimum absolute atomic E-state index is 0.0186. The van der Waals surface area contributed by atoms with Crippen LogP contribution in [0.1, 0.15) is 78.1 Å². The maximum atomic E-state index is 11.2. The molecule has 0 radical (unpaired) electrons. The highest BCUT2D eigenvalue weighted by atomic mass is 16.2. The molecule has 0 aromatic heterocycles. The zero-order valence-electron chi connectivity index (χ0n) is 15.1. The van der Waals surface area contributed by atoms with Crippen LogP contribution in [-0.4, -0.2) is 36.5 Å². The van der Waals surface area contributed by atoms with Crippen molar-refractivity contribution in [3.05, 3.63) is 0 Å². The molecule has 0 atom stereocenters. The molecule has 2 N–H and O–H groups in total. The molecule has 0 heterocycles. The van der Waals surface area contributed by atoms with Crippen molar-refractivity contribution < 1.29 is 19.2 Å². The number of hydrogen-bond donors (Lipinski definition) is 2. The highest BCUT2D eigenvalue weighted by Crippen LogP contribution is 2.08. The van der Waals surface area contributed by atoms with Crippen molar-refractivity contribution in [3.63, 3.8) is 0 Å². The number of rotatable bonds is 15. The van der Waals surface area contributed by atoms with E-state index in [2.05, 4.69) is 10.6 Å². The van der Waals surface area contributed by atoms with E-state index >= 15 is 0 Å². The van der Waals surface area contributed by atoms with Crippen LogP contribution in [-0.2, 0) is 19.2 Å². The lowest BCUT2D eigenvalue weighted by molar-refractivity contribution is -0.128. The van der Waals surface area contributed by atoms with Crippen LogP contribution in [0.5, 0.6) is 0 Å². The summed E-state index contributed by atoms with van der Waals surface area (Å²) in [5, 5.41) is 5.49. The molecule has 0 saturated carbocycles. The zero-order chi connectivity index (χ0) is 18.2. The first kappa shape index (κ1) is 22.3. The number of amides is 2. The monoisotopic (exact) mass is 340 g/mol. The molecule has 6 heteroatoms. The largest absolute Gasteiger partial charge is 0.356 e. The summed E-state index contributed by atoms with van der Waals surface area (Å²) >= 11 is 0. The maximum absolute atomic E-state index is 11.2. The Labute approximate surface area is 145 Å². The van der Waals surface area contributed by atoms with Crippen molar-refractivity contribution >= 4 is 23.4 Å². The number of carbonyl (C=O) groups excluding carboxylic acids is 4. The molecule has 2 amide bonds. The first-order chi connectivity index (χ1) is 11.4. The minimum Gasteiger partial charge on any atom is -0.356 e. The standard InChI is InChI=1S/C18H32N2O4/c1-15(21)13-17(23)19-11-9-7-5-3-4-6-8-10-12-20-18(24)14-16(2)22/h3-14H2,1-2H3,(H,19,23)(H,20,24). The van der Waals surface area contributed by atoms with Crippen LogP contribution in [0, 0.1) is 0 Å². The van der Waals surface area contributed by atoms with Gasteiger partial charge in [0.1, 0.15) is 11.6 Å². The van der Waals surface area contributed by atoms with Crippen molar-refractivity contribution in [3.8, 4) is 0 Å². The lowest BCUT2D eigenvalue weighted by Crippen LogP contribution is -2.25. The topological polar surface area (TPSA) is 92.3 Å². The Morgan fingerprint density at radius 2 is 0.833 bits per heavy atom. The molecule has 0 unspecified atom stereocenters. The van der Waals surface area contributed by atoms with Crippen LogP contribution in [0.15, 0.2) is 0 Å². The van der Waals surface area contributed by atoms with Crippen LogP contribution in [0.25, 0.3) is 0 Å². The zero-order valence-corrected chi connectivity index (χ0v) is 15.1. The van der Waals surface area contributed by atoms with Crippen LogP contribution in [0.3, 0.4) is 0 Å². The van der Waals surface area contributed by atoms with E-state index in [0.29, 0.717) is 13.1 Å². The van der Waals surface area contributed by atoms with E-state index in [1.54, 1.807) is 0 Å². The maximum Gasteiger partial charge on any atom is 0.227 e. The summed E-state index contributed by atoms with van der Waals surface area (Å²) in [7, 11) is 0. The summed E-state index contributed by atoms with van der Waals surface area (Å²) in [6.07, 6.45) is 8.69. The van der Waals surface area contributed by atoms with E-state index in [1.165, 1.54) is 26.7 Å². The van der Waals surface area contributed by atoms with Gasteiger partial charge in [-0.15, -0.1) is 0 Å². The van der Waals surface area contributed by atoms with Gasteiger partial charge in [-0.25, -0.2) is 0 Å². The van der Waals surface area contributed by atoms with Crippen molar-refractivity contribution in [2.24, 2.45) is 0 Å². The van der Waals surface area contributed by atoms with Crippen molar-refractivity contribution in [1.82, 2.24) is 10.6 Å². The predicted molar refractivity (Wildman–Crippen MR) is 93.6 cm³/mol. The van der Waals surface area contributed by atoms with Crippen LogP contribution in [0.4, 0.5) is 0 Å². The summed E-state index contributed by atoms with van der Waals surface area (Å²) < 4.78 is 0. The van der Waals surface area contributed by atoms with E-state index < -0.39 is 0 Å². The van der Waals surface area contributed by atoms with Gasteiger partial charge in [0.05, 0.1) is 12.8 Å². The molecule has 138 valence electrons. The van der Waals surface area contributed by atoms with E-state index in [0.717, 1.165) is 38.5 Å². The predicted octanol–water partition coefficient (Wildman–Crippen LogP) is 2.30. The highest BCUT2D eigenvalue weighted by Gasteiger charge is 2.04. The minimum atomic E-state index is -0.183. The number of ketones is 2. The third kappa shape index (κ3) is 16.6.